The van der Waals surface area contributed by atoms with Gasteiger partial charge in [-0.2, -0.15) is 9.89 Å². The Morgan fingerprint density at radius 3 is 2.70 bits per heavy atom. The van der Waals surface area contributed by atoms with Gasteiger partial charge in [0.25, 0.3) is 0 Å². The van der Waals surface area contributed by atoms with E-state index in [1.54, 1.807) is 10.9 Å². The number of aromatic nitrogens is 2. The van der Waals surface area contributed by atoms with Gasteiger partial charge in [-0.1, -0.05) is 6.58 Å². The van der Waals surface area contributed by atoms with Gasteiger partial charge >= 0.3 is 0 Å². The van der Waals surface area contributed by atoms with Gasteiger partial charge in [0.2, 0.25) is 0 Å². The molecule has 0 aliphatic rings. The summed E-state index contributed by atoms with van der Waals surface area (Å²) in [6.07, 6.45) is 3.61. The van der Waals surface area contributed by atoms with E-state index >= 15 is 0 Å². The zero-order valence-corrected chi connectivity index (χ0v) is 6.28. The Hall–Kier alpha value is -1.25. The highest BCUT2D eigenvalue weighted by molar-refractivity contribution is 5.39. The molecule has 3 heteroatoms. The summed E-state index contributed by atoms with van der Waals surface area (Å²) >= 11 is 0. The van der Waals surface area contributed by atoms with E-state index in [0.29, 0.717) is 0 Å². The minimum absolute atomic E-state index is 0.897. The second-order valence-electron chi connectivity index (χ2n) is 2.21. The maximum Gasteiger partial charge on any atom is 0.0866 e. The molecular formula is C7H11N3. The summed E-state index contributed by atoms with van der Waals surface area (Å²) in [4.78, 5) is 1.75. The van der Waals surface area contributed by atoms with E-state index in [9.17, 15) is 0 Å². The van der Waals surface area contributed by atoms with E-state index in [4.69, 9.17) is 0 Å². The van der Waals surface area contributed by atoms with Crippen LogP contribution in [-0.2, 0) is 0 Å². The Balaban J connectivity index is 2.88. The number of nitrogens with zero attached hydrogens (tertiary/aromatic N) is 3. The first kappa shape index (κ1) is 6.86. The SMILES string of the molecule is C=Cc1ccn(N(C)C)n1. The van der Waals surface area contributed by atoms with Gasteiger partial charge in [-0.3, -0.25) is 0 Å². The van der Waals surface area contributed by atoms with Gasteiger partial charge in [0.05, 0.1) is 5.69 Å². The standard InChI is InChI=1S/C7H11N3/c1-4-7-5-6-10(8-7)9(2)3/h4-6H,1H2,2-3H3. The average molecular weight is 137 g/mol. The Kier molecular flexibility index (Phi) is 1.76. The van der Waals surface area contributed by atoms with Gasteiger partial charge in [0.1, 0.15) is 0 Å². The maximum absolute atomic E-state index is 4.15. The van der Waals surface area contributed by atoms with Gasteiger partial charge in [0, 0.05) is 20.3 Å². The van der Waals surface area contributed by atoms with Crippen LogP contribution in [0.5, 0.6) is 0 Å². The summed E-state index contributed by atoms with van der Waals surface area (Å²) in [6, 6.07) is 1.91. The molecule has 1 rings (SSSR count). The summed E-state index contributed by atoms with van der Waals surface area (Å²) in [5, 5.41) is 6.03. The van der Waals surface area contributed by atoms with Crippen LogP contribution in [0.25, 0.3) is 6.08 Å². The zero-order valence-electron chi connectivity index (χ0n) is 6.28. The van der Waals surface area contributed by atoms with Crippen molar-refractivity contribution >= 4 is 6.08 Å². The van der Waals surface area contributed by atoms with Crippen LogP contribution in [0.15, 0.2) is 18.8 Å². The highest BCUT2D eigenvalue weighted by Gasteiger charge is 1.93. The lowest BCUT2D eigenvalue weighted by Gasteiger charge is -2.10. The molecule has 0 aliphatic carbocycles. The fourth-order valence-corrected chi connectivity index (χ4v) is 0.660. The first-order valence-corrected chi connectivity index (χ1v) is 3.10. The summed E-state index contributed by atoms with van der Waals surface area (Å²) in [5.74, 6) is 0. The molecule has 1 aromatic heterocycles. The first-order valence-electron chi connectivity index (χ1n) is 3.10. The Labute approximate surface area is 60.5 Å². The van der Waals surface area contributed by atoms with Crippen LogP contribution in [-0.4, -0.2) is 24.0 Å². The van der Waals surface area contributed by atoms with E-state index < -0.39 is 0 Å². The molecule has 0 saturated heterocycles. The molecular weight excluding hydrogens is 126 g/mol. The molecule has 0 N–H and O–H groups in total. The first-order chi connectivity index (χ1) is 4.74. The molecule has 0 amide bonds. The monoisotopic (exact) mass is 137 g/mol. The molecule has 0 spiro atoms. The van der Waals surface area contributed by atoms with Crippen LogP contribution in [0.1, 0.15) is 5.69 Å². The van der Waals surface area contributed by atoms with Crippen molar-refractivity contribution < 1.29 is 0 Å². The highest BCUT2D eigenvalue weighted by atomic mass is 15.6. The van der Waals surface area contributed by atoms with Crippen LogP contribution >= 0.6 is 0 Å². The molecule has 0 radical (unpaired) electrons. The van der Waals surface area contributed by atoms with Crippen molar-refractivity contribution in [1.29, 1.82) is 0 Å². The summed E-state index contributed by atoms with van der Waals surface area (Å²) in [6.45, 7) is 3.61. The second-order valence-corrected chi connectivity index (χ2v) is 2.21. The zero-order chi connectivity index (χ0) is 7.56. The fraction of sp³-hybridized carbons (Fsp3) is 0.286. The molecule has 0 fully saturated rings. The predicted octanol–water partition coefficient (Wildman–Crippen LogP) is 0.724. The van der Waals surface area contributed by atoms with Crippen molar-refractivity contribution in [2.24, 2.45) is 0 Å². The lowest BCUT2D eigenvalue weighted by Crippen LogP contribution is -2.25. The van der Waals surface area contributed by atoms with Crippen molar-refractivity contribution in [2.45, 2.75) is 0 Å². The van der Waals surface area contributed by atoms with E-state index in [1.165, 1.54) is 0 Å². The molecule has 0 bridgehead atoms. The largest absolute Gasteiger partial charge is 0.303 e. The normalized spacial score (nSPS) is 9.40. The number of hydrogen-bond acceptors (Lipinski definition) is 2. The van der Waals surface area contributed by atoms with Crippen LogP contribution in [0.3, 0.4) is 0 Å². The molecule has 1 aromatic rings. The molecule has 0 aromatic carbocycles. The molecule has 0 atom stereocenters. The number of hydrogen-bond donors (Lipinski definition) is 0. The smallest absolute Gasteiger partial charge is 0.0866 e. The summed E-state index contributed by atoms with van der Waals surface area (Å²) < 4.78 is 0. The van der Waals surface area contributed by atoms with E-state index in [-0.39, 0.29) is 0 Å². The predicted molar refractivity (Wildman–Crippen MR) is 42.4 cm³/mol. The van der Waals surface area contributed by atoms with Crippen molar-refractivity contribution in [3.8, 4) is 0 Å². The van der Waals surface area contributed by atoms with Crippen LogP contribution < -0.4 is 5.01 Å². The maximum atomic E-state index is 4.15. The minimum Gasteiger partial charge on any atom is -0.303 e. The minimum atomic E-state index is 0.897. The van der Waals surface area contributed by atoms with Gasteiger partial charge in [0.15, 0.2) is 0 Å². The van der Waals surface area contributed by atoms with Gasteiger partial charge in [-0.15, -0.1) is 0 Å². The third-order valence-corrected chi connectivity index (χ3v) is 1.22. The quantitative estimate of drug-likeness (QED) is 0.599. The Morgan fingerprint density at radius 1 is 1.70 bits per heavy atom. The molecule has 0 saturated carbocycles. The molecule has 10 heavy (non-hydrogen) atoms. The topological polar surface area (TPSA) is 21.1 Å². The van der Waals surface area contributed by atoms with Crippen LogP contribution in [0.4, 0.5) is 0 Å². The van der Waals surface area contributed by atoms with E-state index in [0.717, 1.165) is 5.69 Å². The summed E-state index contributed by atoms with van der Waals surface area (Å²) in [7, 11) is 3.86. The van der Waals surface area contributed by atoms with Gasteiger partial charge in [-0.05, 0) is 12.1 Å². The van der Waals surface area contributed by atoms with Crippen LogP contribution in [0, 0.1) is 0 Å². The van der Waals surface area contributed by atoms with Crippen molar-refractivity contribution in [3.63, 3.8) is 0 Å². The van der Waals surface area contributed by atoms with E-state index in [1.807, 2.05) is 31.4 Å². The van der Waals surface area contributed by atoms with Gasteiger partial charge in [-0.25, -0.2) is 0 Å². The third-order valence-electron chi connectivity index (χ3n) is 1.22. The van der Waals surface area contributed by atoms with Crippen molar-refractivity contribution in [3.05, 3.63) is 24.5 Å². The third kappa shape index (κ3) is 1.18. The van der Waals surface area contributed by atoms with E-state index in [2.05, 4.69) is 11.7 Å². The molecule has 0 aliphatic heterocycles. The van der Waals surface area contributed by atoms with Crippen LogP contribution in [0.2, 0.25) is 0 Å². The van der Waals surface area contributed by atoms with Crippen molar-refractivity contribution in [2.75, 3.05) is 19.1 Å². The molecule has 54 valence electrons. The Morgan fingerprint density at radius 2 is 2.40 bits per heavy atom. The molecule has 0 unspecified atom stereocenters. The average Bonchev–Trinajstić information content (AvgIpc) is 2.34. The van der Waals surface area contributed by atoms with Gasteiger partial charge < -0.3 is 5.01 Å². The van der Waals surface area contributed by atoms with Crippen molar-refractivity contribution in [1.82, 2.24) is 9.89 Å². The lowest BCUT2D eigenvalue weighted by molar-refractivity contribution is 0.637. The Bertz CT molecular complexity index is 225. The molecule has 1 heterocycles. The lowest BCUT2D eigenvalue weighted by atomic mass is 10.4. The molecule has 3 nitrogen and oxygen atoms in total. The number of rotatable bonds is 2. The highest BCUT2D eigenvalue weighted by Crippen LogP contribution is 1.95. The second kappa shape index (κ2) is 2.56. The fourth-order valence-electron chi connectivity index (χ4n) is 0.660. The summed E-state index contributed by atoms with van der Waals surface area (Å²) in [5.41, 5.74) is 0.897.